The Labute approximate surface area is 44.4 Å². The number of carbonyl (C=O) groups excluding carboxylic acids is 1. The van der Waals surface area contributed by atoms with Gasteiger partial charge < -0.3 is 0 Å². The number of aldehydes is 1. The van der Waals surface area contributed by atoms with Crippen LogP contribution in [0.5, 0.6) is 0 Å². The maximum atomic E-state index is 9.44. The van der Waals surface area contributed by atoms with E-state index in [0.29, 0.717) is 0 Å². The second-order valence-corrected chi connectivity index (χ2v) is 1.23. The second kappa shape index (κ2) is 4.80. The summed E-state index contributed by atoms with van der Waals surface area (Å²) >= 11 is 2.61. The van der Waals surface area contributed by atoms with Gasteiger partial charge in [-0.2, -0.15) is 0 Å². The summed E-state index contributed by atoms with van der Waals surface area (Å²) in [6, 6.07) is 0. The first-order chi connectivity index (χ1) is 2.91. The number of rotatable bonds is 2. The third-order valence-electron chi connectivity index (χ3n) is 0.268. The quantitative estimate of drug-likeness (QED) is 0.298. The van der Waals surface area contributed by atoms with Gasteiger partial charge in [0.2, 0.25) is 0 Å². The minimum atomic E-state index is 0.730. The molecular weight excluding hydrogens is 143 g/mol. The molecule has 0 aliphatic carbocycles. The SMILES string of the molecule is O=C/C=C/C=[Se]. The van der Waals surface area contributed by atoms with Crippen LogP contribution in [-0.2, 0) is 4.79 Å². The third-order valence-corrected chi connectivity index (χ3v) is 0.598. The van der Waals surface area contributed by atoms with E-state index >= 15 is 0 Å². The van der Waals surface area contributed by atoms with E-state index in [0.717, 1.165) is 6.29 Å². The average molecular weight is 147 g/mol. The van der Waals surface area contributed by atoms with Gasteiger partial charge in [0.05, 0.1) is 0 Å². The van der Waals surface area contributed by atoms with Crippen LogP contribution < -0.4 is 0 Å². The molecule has 0 aromatic carbocycles. The molecule has 0 saturated heterocycles. The van der Waals surface area contributed by atoms with Gasteiger partial charge in [-0.15, -0.1) is 0 Å². The fourth-order valence-electron chi connectivity index (χ4n) is 0.0907. The maximum absolute atomic E-state index is 9.44. The summed E-state index contributed by atoms with van der Waals surface area (Å²) in [5.74, 6) is 0. The molecule has 0 aliphatic heterocycles. The molecule has 1 nitrogen and oxygen atoms in total. The van der Waals surface area contributed by atoms with Crippen molar-refractivity contribution in [3.05, 3.63) is 12.2 Å². The predicted molar refractivity (Wildman–Crippen MR) is 27.0 cm³/mol. The summed E-state index contributed by atoms with van der Waals surface area (Å²) in [7, 11) is 0. The molecule has 0 atom stereocenters. The molecule has 32 valence electrons. The molecule has 0 aliphatic rings. The molecule has 0 heterocycles. The molecule has 0 fully saturated rings. The van der Waals surface area contributed by atoms with Crippen LogP contribution in [-0.4, -0.2) is 26.8 Å². The van der Waals surface area contributed by atoms with Crippen LogP contribution in [0.3, 0.4) is 0 Å². The van der Waals surface area contributed by atoms with E-state index < -0.39 is 0 Å². The van der Waals surface area contributed by atoms with Crippen LogP contribution >= 0.6 is 0 Å². The number of hydrogen-bond acceptors (Lipinski definition) is 1. The molecule has 0 saturated carbocycles. The molecule has 0 radical (unpaired) electrons. The minimum absolute atomic E-state index is 0.730. The van der Waals surface area contributed by atoms with Crippen molar-refractivity contribution in [3.63, 3.8) is 0 Å². The van der Waals surface area contributed by atoms with Crippen molar-refractivity contribution in [2.45, 2.75) is 0 Å². The van der Waals surface area contributed by atoms with E-state index in [2.05, 4.69) is 15.6 Å². The topological polar surface area (TPSA) is 17.1 Å². The Kier molecular flexibility index (Phi) is 4.64. The molecule has 0 bridgehead atoms. The van der Waals surface area contributed by atoms with Gasteiger partial charge in [0.15, 0.2) is 0 Å². The van der Waals surface area contributed by atoms with Crippen LogP contribution in [0.1, 0.15) is 0 Å². The Morgan fingerprint density at radius 2 is 2.00 bits per heavy atom. The molecule has 0 amide bonds. The van der Waals surface area contributed by atoms with Crippen LogP contribution in [0, 0.1) is 0 Å². The standard InChI is InChI=1S/C4H4OSe/c5-3-1-2-4-6/h1-4H/b2-1+. The molecule has 0 aromatic rings. The van der Waals surface area contributed by atoms with E-state index in [1.54, 1.807) is 11.0 Å². The summed E-state index contributed by atoms with van der Waals surface area (Å²) in [5, 5.41) is 0. The molecule has 0 spiro atoms. The first-order valence-corrected chi connectivity index (χ1v) is 2.46. The number of allylic oxidation sites excluding steroid dienone is 2. The van der Waals surface area contributed by atoms with Crippen molar-refractivity contribution in [2.75, 3.05) is 0 Å². The van der Waals surface area contributed by atoms with Crippen LogP contribution in [0.2, 0.25) is 0 Å². The molecule has 0 rings (SSSR count). The second-order valence-electron chi connectivity index (χ2n) is 0.657. The van der Waals surface area contributed by atoms with Crippen molar-refractivity contribution in [2.24, 2.45) is 0 Å². The van der Waals surface area contributed by atoms with Crippen LogP contribution in [0.4, 0.5) is 0 Å². The van der Waals surface area contributed by atoms with E-state index in [4.69, 9.17) is 0 Å². The Morgan fingerprint density at radius 1 is 1.33 bits per heavy atom. The van der Waals surface area contributed by atoms with E-state index in [-0.39, 0.29) is 0 Å². The number of hydrogen-bond donors (Lipinski definition) is 0. The van der Waals surface area contributed by atoms with E-state index in [9.17, 15) is 4.79 Å². The van der Waals surface area contributed by atoms with Gasteiger partial charge in [-0.1, -0.05) is 0 Å². The van der Waals surface area contributed by atoms with Gasteiger partial charge in [-0.05, 0) is 0 Å². The summed E-state index contributed by atoms with van der Waals surface area (Å²) < 4.78 is 0. The molecule has 2 heteroatoms. The predicted octanol–water partition coefficient (Wildman–Crippen LogP) is -0.288. The fourth-order valence-corrected chi connectivity index (χ4v) is 0.281. The molecule has 6 heavy (non-hydrogen) atoms. The first-order valence-electron chi connectivity index (χ1n) is 1.47. The Morgan fingerprint density at radius 3 is 2.17 bits per heavy atom. The summed E-state index contributed by atoms with van der Waals surface area (Å²) in [6.45, 7) is 0. The van der Waals surface area contributed by atoms with Crippen molar-refractivity contribution >= 4 is 26.8 Å². The zero-order chi connectivity index (χ0) is 4.83. The fraction of sp³-hybridized carbons (Fsp3) is 0. The summed E-state index contributed by atoms with van der Waals surface area (Å²) in [6.07, 6.45) is 3.78. The Bertz CT molecular complexity index is 65.6. The molecule has 0 N–H and O–H groups in total. The Balaban J connectivity index is 3.17. The van der Waals surface area contributed by atoms with Gasteiger partial charge in [0.1, 0.15) is 0 Å². The zero-order valence-corrected chi connectivity index (χ0v) is 4.84. The average Bonchev–Trinajstić information content (AvgIpc) is 1.61. The van der Waals surface area contributed by atoms with E-state index in [1.807, 2.05) is 0 Å². The molecule has 0 unspecified atom stereocenters. The molecular formula is C4H4OSe. The van der Waals surface area contributed by atoms with E-state index in [1.165, 1.54) is 6.08 Å². The molecule has 0 aromatic heterocycles. The van der Waals surface area contributed by atoms with Gasteiger partial charge >= 0.3 is 43.7 Å². The normalized spacial score (nSPS) is 8.67. The van der Waals surface area contributed by atoms with Crippen LogP contribution in [0.15, 0.2) is 12.2 Å². The summed E-state index contributed by atoms with van der Waals surface area (Å²) in [5.41, 5.74) is 0. The first kappa shape index (κ1) is 5.80. The monoisotopic (exact) mass is 148 g/mol. The van der Waals surface area contributed by atoms with Crippen molar-refractivity contribution < 1.29 is 4.79 Å². The summed E-state index contributed by atoms with van der Waals surface area (Å²) in [4.78, 5) is 11.1. The third kappa shape index (κ3) is 3.80. The van der Waals surface area contributed by atoms with Gasteiger partial charge in [-0.3, -0.25) is 0 Å². The van der Waals surface area contributed by atoms with Gasteiger partial charge in [0.25, 0.3) is 0 Å². The van der Waals surface area contributed by atoms with Crippen molar-refractivity contribution in [1.29, 1.82) is 0 Å². The number of carbonyl (C=O) groups is 1. The van der Waals surface area contributed by atoms with Gasteiger partial charge in [-0.25, -0.2) is 0 Å². The van der Waals surface area contributed by atoms with Crippen LogP contribution in [0.25, 0.3) is 0 Å². The Hall–Kier alpha value is -0.201. The zero-order valence-electron chi connectivity index (χ0n) is 3.13. The van der Waals surface area contributed by atoms with Crippen molar-refractivity contribution in [1.82, 2.24) is 0 Å². The van der Waals surface area contributed by atoms with Crippen molar-refractivity contribution in [3.8, 4) is 0 Å². The van der Waals surface area contributed by atoms with Gasteiger partial charge in [0, 0.05) is 0 Å².